The van der Waals surface area contributed by atoms with Gasteiger partial charge in [-0.3, -0.25) is 9.59 Å². The third-order valence-electron chi connectivity index (χ3n) is 5.65. The van der Waals surface area contributed by atoms with Crippen molar-refractivity contribution in [3.8, 4) is 0 Å². The van der Waals surface area contributed by atoms with Crippen LogP contribution < -0.4 is 5.32 Å². The molecule has 0 bridgehead atoms. The Hall–Kier alpha value is -1.92. The minimum Gasteiger partial charge on any atom is -0.469 e. The molecule has 0 aromatic carbocycles. The molecule has 1 unspecified atom stereocenters. The molecule has 0 spiro atoms. The van der Waals surface area contributed by atoms with Crippen molar-refractivity contribution < 1.29 is 28.7 Å². The van der Waals surface area contributed by atoms with E-state index in [1.165, 1.54) is 59.0 Å². The number of ether oxygens (including phenoxy) is 2. The molecule has 0 saturated heterocycles. The molecule has 7 nitrogen and oxygen atoms in total. The summed E-state index contributed by atoms with van der Waals surface area (Å²) >= 11 is 0. The highest BCUT2D eigenvalue weighted by atomic mass is 16.5. The first kappa shape index (κ1) is 46.0. The van der Waals surface area contributed by atoms with E-state index < -0.39 is 6.04 Å². The van der Waals surface area contributed by atoms with Gasteiger partial charge in [0.05, 0.1) is 13.7 Å². The number of hydrogen-bond acceptors (Lipinski definition) is 6. The summed E-state index contributed by atoms with van der Waals surface area (Å²) in [7, 11) is 1.42. The van der Waals surface area contributed by atoms with Gasteiger partial charge in [0.1, 0.15) is 11.8 Å². The molecule has 0 fully saturated rings. The molecule has 1 amide bonds. The first-order valence-corrected chi connectivity index (χ1v) is 16.3. The average Bonchev–Trinajstić information content (AvgIpc) is 2.89. The Bertz CT molecular complexity index is 604. The third kappa shape index (κ3) is 48.2. The molecule has 246 valence electrons. The molecule has 1 atom stereocenters. The minimum absolute atomic E-state index is 0.108. The number of rotatable bonds is 19. The van der Waals surface area contributed by atoms with Crippen molar-refractivity contribution in [2.45, 2.75) is 172 Å². The highest BCUT2D eigenvalue weighted by Gasteiger charge is 2.21. The Kier molecular flexibility index (Phi) is 40.6. The van der Waals surface area contributed by atoms with Crippen LogP contribution in [0.4, 0.5) is 0 Å². The number of amides is 1. The number of esters is 2. The second-order valence-electron chi connectivity index (χ2n) is 11.5. The van der Waals surface area contributed by atoms with Crippen LogP contribution >= 0.6 is 0 Å². The van der Waals surface area contributed by atoms with Gasteiger partial charge in [-0.15, -0.1) is 0 Å². The third-order valence-corrected chi connectivity index (χ3v) is 5.65. The van der Waals surface area contributed by atoms with Gasteiger partial charge in [0, 0.05) is 19.8 Å². The van der Waals surface area contributed by atoms with Crippen molar-refractivity contribution in [2.24, 2.45) is 11.8 Å². The van der Waals surface area contributed by atoms with E-state index in [9.17, 15) is 19.2 Å². The fourth-order valence-corrected chi connectivity index (χ4v) is 3.40. The standard InChI is InChI=1S/C14H27NO3.C10H20O.C7H14O2.C3H8/c1-5-6-7-8-9-18-14(17)13(10-11(2)3)15-12(4)16;1-3-4-5-6-7-8-9-10(2)11;1-6(2)4-5-7(8)9-3;1-3-2/h11,13H,5-10H2,1-4H3,(H,15,16);3-9H2,1-2H3;6H,4-5H2,1-3H3;3H2,1-2H3. The normalized spacial score (nSPS) is 10.7. The van der Waals surface area contributed by atoms with E-state index in [1.807, 2.05) is 13.8 Å². The van der Waals surface area contributed by atoms with Crippen LogP contribution in [0, 0.1) is 11.8 Å². The predicted octanol–water partition coefficient (Wildman–Crippen LogP) is 9.00. The van der Waals surface area contributed by atoms with Crippen LogP contribution in [-0.4, -0.2) is 43.4 Å². The predicted molar refractivity (Wildman–Crippen MR) is 173 cm³/mol. The second-order valence-corrected chi connectivity index (χ2v) is 11.5. The molecule has 0 saturated carbocycles. The van der Waals surface area contributed by atoms with Gasteiger partial charge in [-0.05, 0) is 44.4 Å². The molecular weight excluding hydrogens is 518 g/mol. The molecule has 0 rings (SSSR count). The van der Waals surface area contributed by atoms with Crippen molar-refractivity contribution in [2.75, 3.05) is 13.7 Å². The molecule has 1 N–H and O–H groups in total. The number of hydrogen-bond donors (Lipinski definition) is 1. The second kappa shape index (κ2) is 36.1. The lowest BCUT2D eigenvalue weighted by Crippen LogP contribution is -2.41. The Labute approximate surface area is 254 Å². The molecule has 0 radical (unpaired) electrons. The fraction of sp³-hybridized carbons (Fsp3) is 0.882. The van der Waals surface area contributed by atoms with Gasteiger partial charge in [0.15, 0.2) is 0 Å². The van der Waals surface area contributed by atoms with Gasteiger partial charge in [-0.1, -0.05) is 113 Å². The van der Waals surface area contributed by atoms with Crippen LogP contribution in [0.1, 0.15) is 166 Å². The van der Waals surface area contributed by atoms with Gasteiger partial charge < -0.3 is 19.6 Å². The lowest BCUT2D eigenvalue weighted by molar-refractivity contribution is -0.148. The smallest absolute Gasteiger partial charge is 0.328 e. The van der Waals surface area contributed by atoms with Gasteiger partial charge in [-0.2, -0.15) is 0 Å². The Morgan fingerprint density at radius 3 is 1.59 bits per heavy atom. The van der Waals surface area contributed by atoms with E-state index in [2.05, 4.69) is 51.6 Å². The van der Waals surface area contributed by atoms with E-state index in [0.29, 0.717) is 37.1 Å². The first-order valence-electron chi connectivity index (χ1n) is 16.3. The SMILES string of the molecule is CCC.CCCCCCCCC(C)=O.CCCCCCOC(=O)C(CC(C)C)NC(C)=O.COC(=O)CCC(C)C. The van der Waals surface area contributed by atoms with Crippen molar-refractivity contribution in [3.63, 3.8) is 0 Å². The maximum atomic E-state index is 11.8. The van der Waals surface area contributed by atoms with Crippen LogP contribution in [0.5, 0.6) is 0 Å². The maximum Gasteiger partial charge on any atom is 0.328 e. The zero-order valence-electron chi connectivity index (χ0n) is 29.0. The summed E-state index contributed by atoms with van der Waals surface area (Å²) in [6, 6.07) is -0.506. The highest BCUT2D eigenvalue weighted by molar-refractivity contribution is 5.83. The summed E-state index contributed by atoms with van der Waals surface area (Å²) in [4.78, 5) is 43.9. The van der Waals surface area contributed by atoms with Crippen molar-refractivity contribution in [3.05, 3.63) is 0 Å². The molecule has 0 aliphatic heterocycles. The molecule has 0 heterocycles. The molecule has 41 heavy (non-hydrogen) atoms. The first-order chi connectivity index (χ1) is 19.3. The van der Waals surface area contributed by atoms with E-state index in [4.69, 9.17) is 4.74 Å². The zero-order valence-corrected chi connectivity index (χ0v) is 29.0. The van der Waals surface area contributed by atoms with E-state index >= 15 is 0 Å². The summed E-state index contributed by atoms with van der Waals surface area (Å²) in [5, 5.41) is 2.65. The quantitative estimate of drug-likeness (QED) is 0.120. The summed E-state index contributed by atoms with van der Waals surface area (Å²) in [6.07, 6.45) is 16.1. The van der Waals surface area contributed by atoms with Gasteiger partial charge in [0.25, 0.3) is 0 Å². The lowest BCUT2D eigenvalue weighted by Gasteiger charge is -2.18. The largest absolute Gasteiger partial charge is 0.469 e. The molecular formula is C34H69NO6. The number of unbranched alkanes of at least 4 members (excludes halogenated alkanes) is 8. The number of carbonyl (C=O) groups excluding carboxylic acids is 4. The molecule has 0 aliphatic carbocycles. The summed E-state index contributed by atoms with van der Waals surface area (Å²) in [6.45, 7) is 20.4. The zero-order chi connectivity index (χ0) is 32.5. The summed E-state index contributed by atoms with van der Waals surface area (Å²) < 4.78 is 9.66. The number of nitrogens with one attached hydrogen (secondary N) is 1. The van der Waals surface area contributed by atoms with Crippen LogP contribution in [0.15, 0.2) is 0 Å². The molecule has 0 aromatic rings. The summed E-state index contributed by atoms with van der Waals surface area (Å²) in [5.41, 5.74) is 0. The monoisotopic (exact) mass is 588 g/mol. The van der Waals surface area contributed by atoms with E-state index in [1.54, 1.807) is 6.92 Å². The minimum atomic E-state index is -0.506. The molecule has 7 heteroatoms. The van der Waals surface area contributed by atoms with Gasteiger partial charge >= 0.3 is 11.9 Å². The average molecular weight is 588 g/mol. The Morgan fingerprint density at radius 1 is 0.683 bits per heavy atom. The van der Waals surface area contributed by atoms with Crippen molar-refractivity contribution in [1.82, 2.24) is 5.32 Å². The van der Waals surface area contributed by atoms with Crippen LogP contribution in [0.3, 0.4) is 0 Å². The van der Waals surface area contributed by atoms with E-state index in [0.717, 1.165) is 38.5 Å². The Morgan fingerprint density at radius 2 is 1.17 bits per heavy atom. The topological polar surface area (TPSA) is 98.8 Å². The molecule has 0 aromatic heterocycles. The van der Waals surface area contributed by atoms with E-state index in [-0.39, 0.29) is 17.8 Å². The summed E-state index contributed by atoms with van der Waals surface area (Å²) in [5.74, 6) is 0.654. The van der Waals surface area contributed by atoms with Crippen molar-refractivity contribution in [1.29, 1.82) is 0 Å². The van der Waals surface area contributed by atoms with Crippen LogP contribution in [0.25, 0.3) is 0 Å². The fourth-order valence-electron chi connectivity index (χ4n) is 3.40. The van der Waals surface area contributed by atoms with Crippen molar-refractivity contribution >= 4 is 23.6 Å². The molecule has 0 aliphatic rings. The lowest BCUT2D eigenvalue weighted by atomic mass is 10.0. The maximum absolute atomic E-state index is 11.8. The van der Waals surface area contributed by atoms with Gasteiger partial charge in [0.2, 0.25) is 5.91 Å². The number of ketones is 1. The number of carbonyl (C=O) groups is 4. The number of methoxy groups -OCH3 is 1. The highest BCUT2D eigenvalue weighted by Crippen LogP contribution is 2.08. The van der Waals surface area contributed by atoms with Crippen LogP contribution in [0.2, 0.25) is 0 Å². The number of Topliss-reactive ketones (excluding diaryl/α,β-unsaturated/α-hetero) is 1. The van der Waals surface area contributed by atoms with Crippen LogP contribution in [-0.2, 0) is 28.7 Å². The Balaban J connectivity index is -0.000000254. The van der Waals surface area contributed by atoms with Gasteiger partial charge in [-0.25, -0.2) is 4.79 Å².